The summed E-state index contributed by atoms with van der Waals surface area (Å²) in [4.78, 5) is 4.28. The molecule has 0 bridgehead atoms. The Morgan fingerprint density at radius 1 is 1.44 bits per heavy atom. The van der Waals surface area contributed by atoms with Crippen LogP contribution in [-0.2, 0) is 20.3 Å². The maximum atomic E-state index is 12.2. The van der Waals surface area contributed by atoms with E-state index < -0.39 is 6.72 Å². The normalized spacial score (nSPS) is 15.9. The molecule has 0 radical (unpaired) electrons. The standard InChI is InChI=1S/C10H20N3O3PS/c1-10(2,3)9-11-8(16-12-9)7-18-17(14,15-6)13(4)5/h7H2,1-6H3. The summed E-state index contributed by atoms with van der Waals surface area (Å²) in [6.45, 7) is 3.18. The van der Waals surface area contributed by atoms with Gasteiger partial charge in [0, 0.05) is 12.5 Å². The van der Waals surface area contributed by atoms with Crippen molar-refractivity contribution in [2.24, 2.45) is 0 Å². The summed E-state index contributed by atoms with van der Waals surface area (Å²) in [5.74, 6) is 1.48. The predicted molar refractivity (Wildman–Crippen MR) is 72.6 cm³/mol. The lowest BCUT2D eigenvalue weighted by Crippen LogP contribution is -2.13. The third kappa shape index (κ3) is 3.82. The average molecular weight is 293 g/mol. The number of hydrogen-bond donors (Lipinski definition) is 0. The van der Waals surface area contributed by atoms with Crippen molar-refractivity contribution >= 4 is 18.1 Å². The van der Waals surface area contributed by atoms with E-state index in [1.807, 2.05) is 20.8 Å². The zero-order valence-electron chi connectivity index (χ0n) is 11.6. The molecule has 1 unspecified atom stereocenters. The number of nitrogens with zero attached hydrogens (tertiary/aromatic N) is 3. The van der Waals surface area contributed by atoms with E-state index in [1.165, 1.54) is 18.5 Å². The van der Waals surface area contributed by atoms with Crippen LogP contribution >= 0.6 is 18.1 Å². The Kier molecular flexibility index (Phi) is 5.00. The van der Waals surface area contributed by atoms with Gasteiger partial charge in [0.25, 0.3) is 0 Å². The van der Waals surface area contributed by atoms with Gasteiger partial charge in [-0.05, 0) is 25.5 Å². The molecule has 0 aromatic carbocycles. The molecule has 1 rings (SSSR count). The highest BCUT2D eigenvalue weighted by Gasteiger charge is 2.27. The van der Waals surface area contributed by atoms with Gasteiger partial charge in [-0.3, -0.25) is 4.57 Å². The lowest BCUT2D eigenvalue weighted by atomic mass is 9.96. The second kappa shape index (κ2) is 5.74. The van der Waals surface area contributed by atoms with Crippen molar-refractivity contribution < 1.29 is 13.6 Å². The van der Waals surface area contributed by atoms with Crippen molar-refractivity contribution in [3.05, 3.63) is 11.7 Å². The molecule has 0 N–H and O–H groups in total. The number of rotatable bonds is 5. The smallest absolute Gasteiger partial charge is 0.328 e. The number of aromatic nitrogens is 2. The van der Waals surface area contributed by atoms with Crippen LogP contribution in [0.3, 0.4) is 0 Å². The van der Waals surface area contributed by atoms with Crippen molar-refractivity contribution in [3.63, 3.8) is 0 Å². The predicted octanol–water partition coefficient (Wildman–Crippen LogP) is 2.92. The fourth-order valence-electron chi connectivity index (χ4n) is 1.09. The van der Waals surface area contributed by atoms with Gasteiger partial charge in [0.05, 0.1) is 5.75 Å². The van der Waals surface area contributed by atoms with E-state index in [0.29, 0.717) is 17.5 Å². The van der Waals surface area contributed by atoms with Crippen LogP contribution < -0.4 is 0 Å². The fraction of sp³-hybridized carbons (Fsp3) is 0.800. The van der Waals surface area contributed by atoms with Crippen LogP contribution in [0.1, 0.15) is 32.5 Å². The third-order valence-corrected chi connectivity index (χ3v) is 7.15. The highest BCUT2D eigenvalue weighted by Crippen LogP contribution is 2.61. The molecule has 104 valence electrons. The first kappa shape index (κ1) is 15.7. The largest absolute Gasteiger partial charge is 0.338 e. The van der Waals surface area contributed by atoms with Gasteiger partial charge in [0.1, 0.15) is 0 Å². The Bertz CT molecular complexity index is 442. The molecule has 8 heteroatoms. The van der Waals surface area contributed by atoms with Crippen LogP contribution in [-0.4, -0.2) is 36.0 Å². The van der Waals surface area contributed by atoms with Gasteiger partial charge in [0.15, 0.2) is 5.82 Å². The highest BCUT2D eigenvalue weighted by atomic mass is 32.7. The van der Waals surface area contributed by atoms with Crippen LogP contribution in [0.5, 0.6) is 0 Å². The summed E-state index contributed by atoms with van der Waals surface area (Å²) < 4.78 is 24.0. The molecule has 0 aliphatic heterocycles. The zero-order chi connectivity index (χ0) is 14.0. The molecular formula is C10H20N3O3PS. The van der Waals surface area contributed by atoms with E-state index in [1.54, 1.807) is 18.8 Å². The van der Waals surface area contributed by atoms with Gasteiger partial charge in [0.2, 0.25) is 5.89 Å². The van der Waals surface area contributed by atoms with Crippen LogP contribution in [0.25, 0.3) is 0 Å². The summed E-state index contributed by atoms with van der Waals surface area (Å²) in [5, 5.41) is 3.92. The maximum absolute atomic E-state index is 12.2. The summed E-state index contributed by atoms with van der Waals surface area (Å²) in [6.07, 6.45) is 0. The molecule has 0 aliphatic carbocycles. The Morgan fingerprint density at radius 3 is 2.44 bits per heavy atom. The molecule has 0 amide bonds. The maximum Gasteiger partial charge on any atom is 0.328 e. The highest BCUT2D eigenvalue weighted by molar-refractivity contribution is 8.55. The molecule has 1 aromatic rings. The molecule has 0 fully saturated rings. The van der Waals surface area contributed by atoms with Crippen molar-refractivity contribution in [2.75, 3.05) is 21.2 Å². The molecule has 1 atom stereocenters. The van der Waals surface area contributed by atoms with Gasteiger partial charge in [-0.2, -0.15) is 4.98 Å². The number of hydrogen-bond acceptors (Lipinski definition) is 6. The van der Waals surface area contributed by atoms with Gasteiger partial charge < -0.3 is 9.05 Å². The second-order valence-corrected chi connectivity index (χ2v) is 9.84. The molecule has 1 aromatic heterocycles. The summed E-state index contributed by atoms with van der Waals surface area (Å²) in [6, 6.07) is 0. The summed E-state index contributed by atoms with van der Waals surface area (Å²) in [5.41, 5.74) is -0.154. The molecule has 0 aliphatic rings. The average Bonchev–Trinajstić information content (AvgIpc) is 2.73. The first-order valence-corrected chi connectivity index (χ1v) is 8.67. The first-order valence-electron chi connectivity index (χ1n) is 5.50. The quantitative estimate of drug-likeness (QED) is 0.773. The molecule has 18 heavy (non-hydrogen) atoms. The van der Waals surface area contributed by atoms with E-state index >= 15 is 0 Å². The van der Waals surface area contributed by atoms with Gasteiger partial charge >= 0.3 is 6.72 Å². The van der Waals surface area contributed by atoms with Gasteiger partial charge in [-0.15, -0.1) is 0 Å². The minimum absolute atomic E-state index is 0.154. The lowest BCUT2D eigenvalue weighted by molar-refractivity contribution is 0.362. The Balaban J connectivity index is 2.70. The van der Waals surface area contributed by atoms with Crippen molar-refractivity contribution in [1.29, 1.82) is 0 Å². The topological polar surface area (TPSA) is 68.5 Å². The first-order chi connectivity index (χ1) is 8.19. The summed E-state index contributed by atoms with van der Waals surface area (Å²) >= 11 is 1.17. The Morgan fingerprint density at radius 2 is 2.06 bits per heavy atom. The Labute approximate surface area is 112 Å². The van der Waals surface area contributed by atoms with Gasteiger partial charge in [-0.25, -0.2) is 4.67 Å². The third-order valence-electron chi connectivity index (χ3n) is 2.21. The molecule has 1 heterocycles. The Hall–Kier alpha value is -0.360. The minimum atomic E-state index is -2.85. The molecule has 0 saturated carbocycles. The second-order valence-electron chi connectivity index (χ2n) is 5.03. The molecular weight excluding hydrogens is 273 g/mol. The van der Waals surface area contributed by atoms with E-state index in [0.717, 1.165) is 0 Å². The van der Waals surface area contributed by atoms with Crippen LogP contribution in [0, 0.1) is 0 Å². The van der Waals surface area contributed by atoms with E-state index in [9.17, 15) is 4.57 Å². The fourth-order valence-corrected chi connectivity index (χ4v) is 3.97. The zero-order valence-corrected chi connectivity index (χ0v) is 13.3. The monoisotopic (exact) mass is 293 g/mol. The van der Waals surface area contributed by atoms with Crippen LogP contribution in [0.15, 0.2) is 4.52 Å². The van der Waals surface area contributed by atoms with Crippen LogP contribution in [0.4, 0.5) is 0 Å². The lowest BCUT2D eigenvalue weighted by Gasteiger charge is -2.20. The van der Waals surface area contributed by atoms with Crippen LogP contribution in [0.2, 0.25) is 0 Å². The van der Waals surface area contributed by atoms with Crippen molar-refractivity contribution in [1.82, 2.24) is 14.8 Å². The molecule has 0 saturated heterocycles. The SMILES string of the molecule is COP(=O)(SCc1nc(C(C)(C)C)no1)N(C)C. The molecule has 0 spiro atoms. The van der Waals surface area contributed by atoms with Crippen molar-refractivity contribution in [3.8, 4) is 0 Å². The van der Waals surface area contributed by atoms with E-state index in [-0.39, 0.29) is 5.41 Å². The molecule has 6 nitrogen and oxygen atoms in total. The van der Waals surface area contributed by atoms with Crippen molar-refractivity contribution in [2.45, 2.75) is 31.9 Å². The van der Waals surface area contributed by atoms with E-state index in [2.05, 4.69) is 10.1 Å². The minimum Gasteiger partial charge on any atom is -0.338 e. The van der Waals surface area contributed by atoms with Gasteiger partial charge in [-0.1, -0.05) is 25.9 Å². The summed E-state index contributed by atoms with van der Waals surface area (Å²) in [7, 11) is 4.86. The van der Waals surface area contributed by atoms with E-state index in [4.69, 9.17) is 9.05 Å².